The fourth-order valence-corrected chi connectivity index (χ4v) is 2.94. The highest BCUT2D eigenvalue weighted by Gasteiger charge is 2.39. The van der Waals surface area contributed by atoms with Gasteiger partial charge in [0.05, 0.1) is 0 Å². The molecule has 0 bridgehead atoms. The van der Waals surface area contributed by atoms with Gasteiger partial charge in [0.25, 0.3) is 0 Å². The smallest absolute Gasteiger partial charge is 0.242 e. The molecular formula is C21H24N2O4. The van der Waals surface area contributed by atoms with E-state index in [-0.39, 0.29) is 18.6 Å². The van der Waals surface area contributed by atoms with Crippen LogP contribution in [0.15, 0.2) is 48.5 Å². The molecule has 0 saturated heterocycles. The average Bonchev–Trinajstić information content (AvgIpc) is 3.15. The number of nitrogens with one attached hydrogen (secondary N) is 1. The summed E-state index contributed by atoms with van der Waals surface area (Å²) >= 11 is 0. The molecule has 27 heavy (non-hydrogen) atoms. The lowest BCUT2D eigenvalue weighted by atomic mass is 9.89. The van der Waals surface area contributed by atoms with Crippen LogP contribution in [0.5, 0.6) is 11.5 Å². The molecule has 1 aliphatic heterocycles. The van der Waals surface area contributed by atoms with Crippen molar-refractivity contribution in [1.82, 2.24) is 5.32 Å². The van der Waals surface area contributed by atoms with Crippen LogP contribution in [0.25, 0.3) is 0 Å². The lowest BCUT2D eigenvalue weighted by Gasteiger charge is -2.30. The topological polar surface area (TPSA) is 67.9 Å². The highest BCUT2D eigenvalue weighted by Crippen LogP contribution is 2.32. The van der Waals surface area contributed by atoms with Gasteiger partial charge in [-0.05, 0) is 50.6 Å². The zero-order valence-electron chi connectivity index (χ0n) is 15.8. The summed E-state index contributed by atoms with van der Waals surface area (Å²) < 4.78 is 10.6. The van der Waals surface area contributed by atoms with Gasteiger partial charge < -0.3 is 19.7 Å². The molecule has 0 unspecified atom stereocenters. The van der Waals surface area contributed by atoms with Crippen LogP contribution >= 0.6 is 0 Å². The number of para-hydroxylation sites is 1. The van der Waals surface area contributed by atoms with Gasteiger partial charge in [0.2, 0.25) is 18.6 Å². The Labute approximate surface area is 159 Å². The number of hydrogen-bond donors (Lipinski definition) is 1. The largest absolute Gasteiger partial charge is 0.454 e. The third-order valence-electron chi connectivity index (χ3n) is 4.62. The molecule has 0 aromatic heterocycles. The van der Waals surface area contributed by atoms with Gasteiger partial charge in [-0.25, -0.2) is 0 Å². The maximum absolute atomic E-state index is 13.0. The number of carbonyl (C=O) groups excluding carboxylic acids is 2. The number of hydrogen-bond acceptors (Lipinski definition) is 4. The van der Waals surface area contributed by atoms with E-state index >= 15 is 0 Å². The van der Waals surface area contributed by atoms with E-state index in [0.717, 1.165) is 11.3 Å². The summed E-state index contributed by atoms with van der Waals surface area (Å²) in [5.74, 6) is 0.805. The Morgan fingerprint density at radius 1 is 1.07 bits per heavy atom. The van der Waals surface area contributed by atoms with Crippen molar-refractivity contribution in [3.05, 3.63) is 54.1 Å². The van der Waals surface area contributed by atoms with E-state index in [1.807, 2.05) is 55.5 Å². The Morgan fingerprint density at radius 3 is 2.48 bits per heavy atom. The van der Waals surface area contributed by atoms with Crippen LogP contribution in [0.3, 0.4) is 0 Å². The lowest BCUT2D eigenvalue weighted by molar-refractivity contribution is -0.139. The van der Waals surface area contributed by atoms with Gasteiger partial charge in [-0.15, -0.1) is 0 Å². The fraction of sp³-hybridized carbons (Fsp3) is 0.333. The summed E-state index contributed by atoms with van der Waals surface area (Å²) in [7, 11) is 0. The normalized spacial score (nSPS) is 12.6. The summed E-state index contributed by atoms with van der Waals surface area (Å²) in [5, 5.41) is 2.86. The molecule has 142 valence electrons. The van der Waals surface area contributed by atoms with Crippen LogP contribution in [-0.2, 0) is 16.1 Å². The highest BCUT2D eigenvalue weighted by atomic mass is 16.7. The van der Waals surface area contributed by atoms with Crippen molar-refractivity contribution in [2.45, 2.75) is 27.3 Å². The zero-order valence-corrected chi connectivity index (χ0v) is 15.8. The van der Waals surface area contributed by atoms with Crippen LogP contribution in [0.1, 0.15) is 26.3 Å². The zero-order chi connectivity index (χ0) is 19.4. The molecule has 0 fully saturated rings. The van der Waals surface area contributed by atoms with Gasteiger partial charge in [-0.3, -0.25) is 9.59 Å². The maximum atomic E-state index is 13.0. The van der Waals surface area contributed by atoms with Crippen molar-refractivity contribution >= 4 is 17.5 Å². The Hall–Kier alpha value is -3.02. The summed E-state index contributed by atoms with van der Waals surface area (Å²) in [6.07, 6.45) is 0. The van der Waals surface area contributed by atoms with E-state index in [0.29, 0.717) is 24.6 Å². The van der Waals surface area contributed by atoms with Crippen molar-refractivity contribution in [3.63, 3.8) is 0 Å². The quantitative estimate of drug-likeness (QED) is 0.796. The molecule has 1 heterocycles. The molecule has 1 N–H and O–H groups in total. The Bertz CT molecular complexity index is 833. The van der Waals surface area contributed by atoms with E-state index in [9.17, 15) is 9.59 Å². The summed E-state index contributed by atoms with van der Waals surface area (Å²) in [5.41, 5.74) is 0.468. The van der Waals surface area contributed by atoms with E-state index in [1.165, 1.54) is 0 Å². The molecule has 1 aliphatic rings. The van der Waals surface area contributed by atoms with E-state index < -0.39 is 5.41 Å². The first-order chi connectivity index (χ1) is 12.9. The number of ether oxygens (including phenoxy) is 2. The number of carbonyl (C=O) groups is 2. The first-order valence-electron chi connectivity index (χ1n) is 8.97. The average molecular weight is 368 g/mol. The third kappa shape index (κ3) is 3.89. The summed E-state index contributed by atoms with van der Waals surface area (Å²) in [6, 6.07) is 14.9. The predicted octanol–water partition coefficient (Wildman–Crippen LogP) is 3.11. The van der Waals surface area contributed by atoms with Crippen molar-refractivity contribution in [2.75, 3.05) is 18.2 Å². The predicted molar refractivity (Wildman–Crippen MR) is 103 cm³/mol. The Kier molecular flexibility index (Phi) is 5.35. The summed E-state index contributed by atoms with van der Waals surface area (Å²) in [6.45, 7) is 6.20. The van der Waals surface area contributed by atoms with Crippen molar-refractivity contribution in [3.8, 4) is 11.5 Å². The number of benzene rings is 2. The number of nitrogens with zero attached hydrogens (tertiary/aromatic N) is 1. The molecule has 6 heteroatoms. The van der Waals surface area contributed by atoms with Crippen molar-refractivity contribution in [2.24, 2.45) is 5.41 Å². The first kappa shape index (κ1) is 18.8. The molecule has 0 atom stereocenters. The molecule has 2 aromatic carbocycles. The molecule has 2 amide bonds. The van der Waals surface area contributed by atoms with Crippen LogP contribution < -0.4 is 19.7 Å². The first-order valence-corrected chi connectivity index (χ1v) is 8.97. The molecule has 2 aromatic rings. The maximum Gasteiger partial charge on any atom is 0.242 e. The van der Waals surface area contributed by atoms with Crippen molar-refractivity contribution < 1.29 is 19.1 Å². The van der Waals surface area contributed by atoms with E-state index in [1.54, 1.807) is 18.7 Å². The van der Waals surface area contributed by atoms with Gasteiger partial charge in [0, 0.05) is 18.8 Å². The van der Waals surface area contributed by atoms with Gasteiger partial charge in [0.15, 0.2) is 11.5 Å². The minimum Gasteiger partial charge on any atom is -0.454 e. The van der Waals surface area contributed by atoms with Gasteiger partial charge in [-0.2, -0.15) is 0 Å². The molecule has 0 radical (unpaired) electrons. The Morgan fingerprint density at radius 2 is 1.78 bits per heavy atom. The molecule has 0 saturated carbocycles. The van der Waals surface area contributed by atoms with Crippen LogP contribution in [0, 0.1) is 5.41 Å². The molecule has 6 nitrogen and oxygen atoms in total. The second kappa shape index (κ2) is 7.70. The highest BCUT2D eigenvalue weighted by molar-refractivity contribution is 6.11. The monoisotopic (exact) mass is 368 g/mol. The molecule has 0 aliphatic carbocycles. The molecule has 3 rings (SSSR count). The Balaban J connectivity index is 1.68. The van der Waals surface area contributed by atoms with Crippen LogP contribution in [0.4, 0.5) is 5.69 Å². The van der Waals surface area contributed by atoms with Crippen molar-refractivity contribution in [1.29, 1.82) is 0 Å². The van der Waals surface area contributed by atoms with Gasteiger partial charge >= 0.3 is 0 Å². The van der Waals surface area contributed by atoms with E-state index in [2.05, 4.69) is 5.32 Å². The van der Waals surface area contributed by atoms with E-state index in [4.69, 9.17) is 9.47 Å². The number of fused-ring (bicyclic) bond motifs is 1. The van der Waals surface area contributed by atoms with Gasteiger partial charge in [0.1, 0.15) is 5.41 Å². The SMILES string of the molecule is CCN(C(=O)C(C)(C)C(=O)NCc1ccc2c(c1)OCO2)c1ccccc1. The minimum atomic E-state index is -1.19. The second-order valence-electron chi connectivity index (χ2n) is 6.88. The second-order valence-corrected chi connectivity index (χ2v) is 6.88. The van der Waals surface area contributed by atoms with Crippen LogP contribution in [-0.4, -0.2) is 25.2 Å². The number of anilines is 1. The summed E-state index contributed by atoms with van der Waals surface area (Å²) in [4.78, 5) is 27.4. The number of rotatable bonds is 6. The minimum absolute atomic E-state index is 0.207. The number of amides is 2. The van der Waals surface area contributed by atoms with Gasteiger partial charge in [-0.1, -0.05) is 24.3 Å². The van der Waals surface area contributed by atoms with Crippen LogP contribution in [0.2, 0.25) is 0 Å². The molecular weight excluding hydrogens is 344 g/mol. The lowest BCUT2D eigenvalue weighted by Crippen LogP contribution is -2.49. The molecule has 0 spiro atoms. The third-order valence-corrected chi connectivity index (χ3v) is 4.62. The standard InChI is InChI=1S/C21H24N2O4/c1-4-23(16-8-6-5-7-9-16)20(25)21(2,3)19(24)22-13-15-10-11-17-18(12-15)27-14-26-17/h5-12H,4,13-14H2,1-3H3,(H,22,24). The fourth-order valence-electron chi connectivity index (χ4n) is 2.94.